The first-order valence-corrected chi connectivity index (χ1v) is 8.09. The van der Waals surface area contributed by atoms with Crippen LogP contribution in [0.25, 0.3) is 0 Å². The van der Waals surface area contributed by atoms with Crippen molar-refractivity contribution in [3.8, 4) is 0 Å². The van der Waals surface area contributed by atoms with E-state index in [4.69, 9.17) is 4.52 Å². The molecule has 126 valence electrons. The quantitative estimate of drug-likeness (QED) is 0.879. The normalized spacial score (nSPS) is 12.6. The Balaban J connectivity index is 1.89. The summed E-state index contributed by atoms with van der Waals surface area (Å²) in [6, 6.07) is 1.50. The number of carbonyl (C=O) groups is 3. The maximum absolute atomic E-state index is 12.4. The van der Waals surface area contributed by atoms with Gasteiger partial charge in [-0.25, -0.2) is 4.79 Å². The Kier molecular flexibility index (Phi) is 4.34. The Hall–Kier alpha value is -2.68. The van der Waals surface area contributed by atoms with Gasteiger partial charge in [0.1, 0.15) is 10.8 Å². The third-order valence-corrected chi connectivity index (χ3v) is 4.84. The molecule has 3 rings (SSSR count). The highest BCUT2D eigenvalue weighted by Gasteiger charge is 2.29. The monoisotopic (exact) mass is 349 g/mol. The fourth-order valence-corrected chi connectivity index (χ4v) is 3.86. The number of carbonyl (C=O) groups excluding carboxylic acids is 3. The molecule has 0 bridgehead atoms. The van der Waals surface area contributed by atoms with Gasteiger partial charge < -0.3 is 14.6 Å². The van der Waals surface area contributed by atoms with Crippen molar-refractivity contribution in [2.45, 2.75) is 26.2 Å². The van der Waals surface area contributed by atoms with Crippen molar-refractivity contribution in [3.63, 3.8) is 0 Å². The molecule has 0 atom stereocenters. The Morgan fingerprint density at radius 3 is 2.75 bits per heavy atom. The summed E-state index contributed by atoms with van der Waals surface area (Å²) in [5.41, 5.74) is 1.31. The summed E-state index contributed by atoms with van der Waals surface area (Å²) >= 11 is 1.34. The van der Waals surface area contributed by atoms with Crippen LogP contribution in [0.2, 0.25) is 0 Å². The number of imide groups is 1. The minimum absolute atomic E-state index is 0.125. The SMILES string of the molecule is COC(=O)NC(=O)c1c(NC(=O)c2cc(C)on2)sc2c1CCC2. The highest BCUT2D eigenvalue weighted by atomic mass is 32.1. The lowest BCUT2D eigenvalue weighted by molar-refractivity contribution is 0.0937. The van der Waals surface area contributed by atoms with Crippen LogP contribution in [0.15, 0.2) is 10.6 Å². The highest BCUT2D eigenvalue weighted by molar-refractivity contribution is 7.17. The van der Waals surface area contributed by atoms with Gasteiger partial charge in [-0.3, -0.25) is 14.9 Å². The van der Waals surface area contributed by atoms with Crippen LogP contribution in [0.4, 0.5) is 9.80 Å². The lowest BCUT2D eigenvalue weighted by Gasteiger charge is -2.07. The first-order valence-electron chi connectivity index (χ1n) is 7.28. The van der Waals surface area contributed by atoms with Gasteiger partial charge in [0.25, 0.3) is 11.8 Å². The molecule has 0 aliphatic heterocycles. The molecular weight excluding hydrogens is 334 g/mol. The van der Waals surface area contributed by atoms with E-state index in [1.54, 1.807) is 6.92 Å². The van der Waals surface area contributed by atoms with E-state index in [2.05, 4.69) is 20.5 Å². The van der Waals surface area contributed by atoms with Crippen molar-refractivity contribution in [2.75, 3.05) is 12.4 Å². The lowest BCUT2D eigenvalue weighted by Crippen LogP contribution is -2.31. The number of hydrogen-bond donors (Lipinski definition) is 2. The first kappa shape index (κ1) is 16.2. The molecule has 1 aliphatic rings. The van der Waals surface area contributed by atoms with Crippen LogP contribution in [0.3, 0.4) is 0 Å². The van der Waals surface area contributed by atoms with E-state index in [9.17, 15) is 14.4 Å². The molecule has 2 aromatic rings. The van der Waals surface area contributed by atoms with Crippen molar-refractivity contribution >= 4 is 34.2 Å². The molecule has 0 saturated heterocycles. The van der Waals surface area contributed by atoms with Gasteiger partial charge in [-0.05, 0) is 31.7 Å². The van der Waals surface area contributed by atoms with E-state index in [1.165, 1.54) is 24.5 Å². The van der Waals surface area contributed by atoms with Crippen molar-refractivity contribution in [2.24, 2.45) is 0 Å². The minimum atomic E-state index is -0.845. The maximum atomic E-state index is 12.4. The number of aryl methyl sites for hydroxylation is 2. The molecule has 1 aliphatic carbocycles. The summed E-state index contributed by atoms with van der Waals surface area (Å²) in [4.78, 5) is 37.0. The molecule has 2 N–H and O–H groups in total. The van der Waals surface area contributed by atoms with Crippen molar-refractivity contribution < 1.29 is 23.6 Å². The maximum Gasteiger partial charge on any atom is 0.413 e. The number of ether oxygens (including phenoxy) is 1. The molecule has 3 amide bonds. The number of aromatic nitrogens is 1. The van der Waals surface area contributed by atoms with Gasteiger partial charge in [0.05, 0.1) is 12.7 Å². The molecule has 2 heterocycles. The molecule has 0 saturated carbocycles. The van der Waals surface area contributed by atoms with Crippen LogP contribution >= 0.6 is 11.3 Å². The Labute approximate surface area is 141 Å². The molecule has 24 heavy (non-hydrogen) atoms. The van der Waals surface area contributed by atoms with Gasteiger partial charge in [-0.1, -0.05) is 5.16 Å². The summed E-state index contributed by atoms with van der Waals surface area (Å²) < 4.78 is 9.34. The van der Waals surface area contributed by atoms with Gasteiger partial charge in [-0.2, -0.15) is 0 Å². The van der Waals surface area contributed by atoms with E-state index < -0.39 is 17.9 Å². The molecule has 2 aromatic heterocycles. The van der Waals surface area contributed by atoms with Gasteiger partial charge in [0.2, 0.25) is 0 Å². The number of rotatable bonds is 3. The second-order valence-corrected chi connectivity index (χ2v) is 6.39. The number of amides is 3. The van der Waals surface area contributed by atoms with Gasteiger partial charge in [0.15, 0.2) is 5.69 Å². The number of fused-ring (bicyclic) bond motifs is 1. The predicted molar refractivity (Wildman–Crippen MR) is 85.4 cm³/mol. The first-order chi connectivity index (χ1) is 11.5. The largest absolute Gasteiger partial charge is 0.453 e. The van der Waals surface area contributed by atoms with Gasteiger partial charge >= 0.3 is 6.09 Å². The fourth-order valence-electron chi connectivity index (χ4n) is 2.58. The molecule has 8 nitrogen and oxygen atoms in total. The number of alkyl carbamates (subject to hydrolysis) is 1. The van der Waals surface area contributed by atoms with Crippen LogP contribution in [-0.2, 0) is 17.6 Å². The average Bonchev–Trinajstić information content (AvgIpc) is 3.22. The van der Waals surface area contributed by atoms with E-state index >= 15 is 0 Å². The molecule has 9 heteroatoms. The second kappa shape index (κ2) is 6.44. The summed E-state index contributed by atoms with van der Waals surface area (Å²) in [6.45, 7) is 1.68. The molecule has 0 unspecified atom stereocenters. The van der Waals surface area contributed by atoms with E-state index in [-0.39, 0.29) is 5.69 Å². The Bertz CT molecular complexity index is 823. The van der Waals surface area contributed by atoms with Gasteiger partial charge in [0, 0.05) is 10.9 Å². The lowest BCUT2D eigenvalue weighted by atomic mass is 10.1. The zero-order chi connectivity index (χ0) is 17.3. The topological polar surface area (TPSA) is 111 Å². The summed E-state index contributed by atoms with van der Waals surface area (Å²) in [5, 5.41) is 8.88. The molecule has 0 fully saturated rings. The molecular formula is C15H15N3O5S. The van der Waals surface area contributed by atoms with Crippen molar-refractivity contribution in [1.29, 1.82) is 0 Å². The van der Waals surface area contributed by atoms with E-state index in [0.717, 1.165) is 29.7 Å². The van der Waals surface area contributed by atoms with Crippen molar-refractivity contribution in [1.82, 2.24) is 10.5 Å². The summed E-state index contributed by atoms with van der Waals surface area (Å²) in [5.74, 6) is -0.552. The van der Waals surface area contributed by atoms with E-state index in [1.807, 2.05) is 0 Å². The minimum Gasteiger partial charge on any atom is -0.453 e. The molecule has 0 aromatic carbocycles. The number of nitrogens with one attached hydrogen (secondary N) is 2. The van der Waals surface area contributed by atoms with E-state index in [0.29, 0.717) is 16.3 Å². The summed E-state index contributed by atoms with van der Waals surface area (Å²) in [6.07, 6.45) is 1.67. The van der Waals surface area contributed by atoms with Crippen molar-refractivity contribution in [3.05, 3.63) is 33.5 Å². The number of thiophene rings is 1. The smallest absolute Gasteiger partial charge is 0.413 e. The second-order valence-electron chi connectivity index (χ2n) is 5.28. The van der Waals surface area contributed by atoms with Crippen LogP contribution in [-0.4, -0.2) is 30.2 Å². The molecule has 0 radical (unpaired) electrons. The predicted octanol–water partition coefficient (Wildman–Crippen LogP) is 2.28. The summed E-state index contributed by atoms with van der Waals surface area (Å²) in [7, 11) is 1.18. The third-order valence-electron chi connectivity index (χ3n) is 3.64. The van der Waals surface area contributed by atoms with Crippen LogP contribution in [0.5, 0.6) is 0 Å². The van der Waals surface area contributed by atoms with Crippen LogP contribution < -0.4 is 10.6 Å². The zero-order valence-electron chi connectivity index (χ0n) is 13.1. The average molecular weight is 349 g/mol. The Morgan fingerprint density at radius 2 is 2.08 bits per heavy atom. The Morgan fingerprint density at radius 1 is 1.29 bits per heavy atom. The van der Waals surface area contributed by atoms with Gasteiger partial charge in [-0.15, -0.1) is 11.3 Å². The number of anilines is 1. The fraction of sp³-hybridized carbons (Fsp3) is 0.333. The molecule has 0 spiro atoms. The van der Waals surface area contributed by atoms with Crippen LogP contribution in [0, 0.1) is 6.92 Å². The third kappa shape index (κ3) is 3.02. The zero-order valence-corrected chi connectivity index (χ0v) is 13.9. The number of nitrogens with zero attached hydrogens (tertiary/aromatic N) is 1. The number of hydrogen-bond acceptors (Lipinski definition) is 7. The highest BCUT2D eigenvalue weighted by Crippen LogP contribution is 2.39. The standard InChI is InChI=1S/C15H15N3O5S/c1-7-6-9(18-23-7)12(19)16-14-11(13(20)17-15(21)22-2)8-4-3-5-10(8)24-14/h6H,3-5H2,1-2H3,(H,16,19)(H,17,20,21). The van der Waals surface area contributed by atoms with Crippen LogP contribution in [0.1, 0.15) is 43.5 Å². The number of methoxy groups -OCH3 is 1.